The van der Waals surface area contributed by atoms with Gasteiger partial charge in [-0.15, -0.1) is 0 Å². The molecule has 1 atom stereocenters. The van der Waals surface area contributed by atoms with Crippen LogP contribution < -0.4 is 34.9 Å². The summed E-state index contributed by atoms with van der Waals surface area (Å²) in [6, 6.07) is 7.37. The Morgan fingerprint density at radius 3 is 2.36 bits per heavy atom. The molecule has 1 unspecified atom stereocenters. The maximum absolute atomic E-state index is 11.5. The van der Waals surface area contributed by atoms with Crippen LogP contribution in [0.25, 0.3) is 0 Å². The molecule has 22 heavy (non-hydrogen) atoms. The van der Waals surface area contributed by atoms with Gasteiger partial charge in [-0.25, -0.2) is 9.59 Å². The first-order chi connectivity index (χ1) is 9.78. The quantitative estimate of drug-likeness (QED) is 0.335. The summed E-state index contributed by atoms with van der Waals surface area (Å²) in [5, 5.41) is 10.9. The zero-order valence-electron chi connectivity index (χ0n) is 13.0. The third-order valence-corrected chi connectivity index (χ3v) is 3.35. The Balaban J connectivity index is 0. The molecule has 118 valence electrons. The Bertz CT molecular complexity index is 539. The van der Waals surface area contributed by atoms with Crippen molar-refractivity contribution in [3.8, 4) is 0 Å². The fraction of sp³-hybridized carbons (Fsp3) is 0.333. The van der Waals surface area contributed by atoms with Crippen LogP contribution >= 0.6 is 7.60 Å². The predicted octanol–water partition coefficient (Wildman–Crippen LogP) is -1.95. The molecule has 1 aromatic carbocycles. The number of carboxylic acid groups (broad SMARTS) is 1. The minimum absolute atomic E-state index is 0. The van der Waals surface area contributed by atoms with E-state index in [9.17, 15) is 14.2 Å². The first-order valence-corrected chi connectivity index (χ1v) is 7.82. The van der Waals surface area contributed by atoms with Crippen molar-refractivity contribution in [2.75, 3.05) is 6.16 Å². The number of amides is 1. The van der Waals surface area contributed by atoms with Crippen molar-refractivity contribution in [3.05, 3.63) is 35.9 Å². The van der Waals surface area contributed by atoms with Gasteiger partial charge in [-0.05, 0) is 12.0 Å². The van der Waals surface area contributed by atoms with Crippen LogP contribution in [0.3, 0.4) is 0 Å². The van der Waals surface area contributed by atoms with Gasteiger partial charge >= 0.3 is 49.2 Å². The summed E-state index contributed by atoms with van der Waals surface area (Å²) in [6.07, 6.45) is -1.99. The van der Waals surface area contributed by atoms with Gasteiger partial charge in [0.2, 0.25) is 0 Å². The van der Waals surface area contributed by atoms with E-state index in [1.165, 1.54) is 0 Å². The maximum atomic E-state index is 11.5. The molecule has 0 radical (unpaired) electrons. The molecule has 8 nitrogen and oxygen atoms in total. The first-order valence-electron chi connectivity index (χ1n) is 6.02. The summed E-state index contributed by atoms with van der Waals surface area (Å²) in [6.45, 7) is -0.0303. The first kappa shape index (κ1) is 21.1. The van der Waals surface area contributed by atoms with Crippen LogP contribution in [0.1, 0.15) is 13.4 Å². The second kappa shape index (κ2) is 9.99. The summed E-state index contributed by atoms with van der Waals surface area (Å²) < 4.78 is 15.5. The van der Waals surface area contributed by atoms with Crippen molar-refractivity contribution in [3.63, 3.8) is 0 Å². The van der Waals surface area contributed by atoms with Gasteiger partial charge in [0, 0.05) is 0 Å². The van der Waals surface area contributed by atoms with E-state index in [0.717, 1.165) is 5.56 Å². The molecule has 0 aliphatic rings. The molecular weight excluding hydrogens is 324 g/mol. The number of carbonyl (C=O) groups is 2. The third kappa shape index (κ3) is 9.19. The molecule has 1 amide bonds. The average Bonchev–Trinajstić information content (AvgIpc) is 2.41. The van der Waals surface area contributed by atoms with Gasteiger partial charge < -0.3 is 26.4 Å². The second-order valence-corrected chi connectivity index (χ2v) is 6.05. The Kier molecular flexibility index (Phi) is 9.59. The molecule has 0 aliphatic carbocycles. The molecule has 0 fully saturated rings. The van der Waals surface area contributed by atoms with E-state index in [-0.39, 0.29) is 44.0 Å². The fourth-order valence-corrected chi connectivity index (χ4v) is 2.06. The van der Waals surface area contributed by atoms with Crippen molar-refractivity contribution >= 4 is 19.7 Å². The smallest absolute Gasteiger partial charge is 1.00 e. The van der Waals surface area contributed by atoms with Gasteiger partial charge in [-0.2, -0.15) is 0 Å². The van der Waals surface area contributed by atoms with Crippen molar-refractivity contribution in [1.82, 2.24) is 5.32 Å². The van der Waals surface area contributed by atoms with Crippen LogP contribution in [0.2, 0.25) is 0 Å². The van der Waals surface area contributed by atoms with E-state index in [1.54, 1.807) is 30.3 Å². The molecule has 0 saturated carbocycles. The molecule has 4 N–H and O–H groups in total. The molecule has 0 saturated heterocycles. The van der Waals surface area contributed by atoms with E-state index >= 15 is 0 Å². The number of rotatable bonds is 7. The van der Waals surface area contributed by atoms with E-state index in [4.69, 9.17) is 19.6 Å². The molecule has 0 heterocycles. The van der Waals surface area contributed by atoms with Crippen LogP contribution in [0.5, 0.6) is 0 Å². The number of hydrogen-bond acceptors (Lipinski definition) is 4. The van der Waals surface area contributed by atoms with Gasteiger partial charge in [0.25, 0.3) is 0 Å². The van der Waals surface area contributed by atoms with E-state index in [0.29, 0.717) is 0 Å². The summed E-state index contributed by atoms with van der Waals surface area (Å²) in [4.78, 5) is 39.8. The standard InChI is InChI=1S/C12H16NO7P.Na.H/c14-11(15)10(6-7-21(17,18)19)13-12(16)20-8-9-4-2-1-3-5-9;;/h1-5,10H,6-8H2,(H,13,16)(H,14,15)(H2,17,18,19);;/q;+1;-1. The number of alkyl carbamates (subject to hydrolysis) is 1. The molecular formula is C12H17NNaO7P. The minimum atomic E-state index is -4.32. The van der Waals surface area contributed by atoms with Crippen molar-refractivity contribution < 1.29 is 64.8 Å². The van der Waals surface area contributed by atoms with Gasteiger partial charge in [-0.1, -0.05) is 30.3 Å². The van der Waals surface area contributed by atoms with E-state index < -0.39 is 31.9 Å². The summed E-state index contributed by atoms with van der Waals surface area (Å²) in [7, 11) is -4.32. The Labute approximate surface area is 150 Å². The van der Waals surface area contributed by atoms with Gasteiger partial charge in [-0.3, -0.25) is 4.57 Å². The van der Waals surface area contributed by atoms with Crippen LogP contribution in [-0.4, -0.2) is 39.2 Å². The van der Waals surface area contributed by atoms with Crippen LogP contribution in [0.15, 0.2) is 30.3 Å². The van der Waals surface area contributed by atoms with Gasteiger partial charge in [0.05, 0.1) is 6.16 Å². The molecule has 1 aromatic rings. The maximum Gasteiger partial charge on any atom is 1.00 e. The van der Waals surface area contributed by atoms with Crippen LogP contribution in [-0.2, 0) is 20.7 Å². The molecule has 0 aliphatic heterocycles. The summed E-state index contributed by atoms with van der Waals surface area (Å²) >= 11 is 0. The second-order valence-electron chi connectivity index (χ2n) is 4.27. The van der Waals surface area contributed by atoms with Crippen LogP contribution in [0.4, 0.5) is 4.79 Å². The fourth-order valence-electron chi connectivity index (χ4n) is 1.46. The minimum Gasteiger partial charge on any atom is -1.00 e. The molecule has 0 aromatic heterocycles. The average molecular weight is 341 g/mol. The number of carboxylic acids is 1. The number of aliphatic carboxylic acids is 1. The van der Waals surface area contributed by atoms with Crippen molar-refractivity contribution in [2.45, 2.75) is 19.1 Å². The van der Waals surface area contributed by atoms with E-state index in [1.807, 2.05) is 0 Å². The monoisotopic (exact) mass is 341 g/mol. The molecule has 10 heteroatoms. The number of ether oxygens (including phenoxy) is 1. The van der Waals surface area contributed by atoms with Crippen molar-refractivity contribution in [1.29, 1.82) is 0 Å². The molecule has 0 spiro atoms. The largest absolute Gasteiger partial charge is 1.00 e. The van der Waals surface area contributed by atoms with Crippen molar-refractivity contribution in [2.24, 2.45) is 0 Å². The zero-order chi connectivity index (χ0) is 15.9. The number of nitrogens with one attached hydrogen (secondary N) is 1. The summed E-state index contributed by atoms with van der Waals surface area (Å²) in [5.74, 6) is -1.39. The topological polar surface area (TPSA) is 133 Å². The predicted molar refractivity (Wildman–Crippen MR) is 73.8 cm³/mol. The Morgan fingerprint density at radius 2 is 1.86 bits per heavy atom. The third-order valence-electron chi connectivity index (χ3n) is 2.51. The van der Waals surface area contributed by atoms with Crippen LogP contribution in [0, 0.1) is 0 Å². The SMILES string of the molecule is O=C(NC(CCP(=O)(O)O)C(=O)O)OCc1ccccc1.[H-].[Na+]. The molecule has 0 bridgehead atoms. The number of carbonyl (C=O) groups excluding carboxylic acids is 1. The number of hydrogen-bond donors (Lipinski definition) is 4. The Hall–Kier alpha value is -0.890. The van der Waals surface area contributed by atoms with Gasteiger partial charge in [0.15, 0.2) is 0 Å². The van der Waals surface area contributed by atoms with Gasteiger partial charge in [0.1, 0.15) is 12.6 Å². The Morgan fingerprint density at radius 1 is 1.27 bits per heavy atom. The zero-order valence-corrected chi connectivity index (χ0v) is 14.9. The molecule has 1 rings (SSSR count). The normalized spacial score (nSPS) is 11.9. The summed E-state index contributed by atoms with van der Waals surface area (Å²) in [5.41, 5.74) is 0.731. The number of benzene rings is 1. The van der Waals surface area contributed by atoms with E-state index in [2.05, 4.69) is 5.32 Å².